The number of benzene rings is 1. The summed E-state index contributed by atoms with van der Waals surface area (Å²) in [6.07, 6.45) is -2.21. The molecule has 1 aliphatic heterocycles. The third-order valence-corrected chi connectivity index (χ3v) is 6.50. The molecular weight excluding hydrogens is 479 g/mol. The molecule has 0 amide bonds. The lowest BCUT2D eigenvalue weighted by atomic mass is 10.1. The van der Waals surface area contributed by atoms with Gasteiger partial charge in [0.25, 0.3) is 0 Å². The van der Waals surface area contributed by atoms with Gasteiger partial charge in [-0.05, 0) is 37.6 Å². The monoisotopic (exact) mass is 503 g/mol. The number of thioether (sulfide) groups is 1. The molecule has 3 heterocycles. The number of oxazole rings is 1. The van der Waals surface area contributed by atoms with Crippen molar-refractivity contribution in [2.24, 2.45) is 7.05 Å². The van der Waals surface area contributed by atoms with Crippen molar-refractivity contribution >= 4 is 24.2 Å². The fourth-order valence-electron chi connectivity index (χ4n) is 3.60. The molecule has 1 aliphatic rings. The summed E-state index contributed by atoms with van der Waals surface area (Å²) in [5, 5.41) is 9.27. The highest BCUT2D eigenvalue weighted by Gasteiger charge is 2.30. The molecular formula is C21H25ClF3N5O2S. The van der Waals surface area contributed by atoms with Crippen molar-refractivity contribution in [1.29, 1.82) is 0 Å². The summed E-state index contributed by atoms with van der Waals surface area (Å²) >= 11 is 1.62. The first-order valence-corrected chi connectivity index (χ1v) is 11.2. The van der Waals surface area contributed by atoms with Gasteiger partial charge in [0.2, 0.25) is 5.82 Å². The molecule has 0 saturated carbocycles. The second kappa shape index (κ2) is 10.9. The van der Waals surface area contributed by atoms with E-state index in [1.54, 1.807) is 11.8 Å². The maximum atomic E-state index is 12.8. The summed E-state index contributed by atoms with van der Waals surface area (Å²) in [5.41, 5.74) is 0.898. The molecule has 33 heavy (non-hydrogen) atoms. The molecule has 0 radical (unpaired) electrons. The number of alkyl halides is 3. The Bertz CT molecular complexity index is 1040. The number of aryl methyl sites for hydroxylation is 1. The van der Waals surface area contributed by atoms with Crippen LogP contribution < -0.4 is 0 Å². The van der Waals surface area contributed by atoms with E-state index >= 15 is 0 Å². The van der Waals surface area contributed by atoms with Crippen LogP contribution in [0.3, 0.4) is 0 Å². The normalized spacial score (nSPS) is 17.2. The van der Waals surface area contributed by atoms with E-state index in [9.17, 15) is 13.2 Å². The van der Waals surface area contributed by atoms with Gasteiger partial charge in [-0.3, -0.25) is 4.90 Å². The van der Waals surface area contributed by atoms with Crippen molar-refractivity contribution in [3.05, 3.63) is 47.5 Å². The molecule has 7 nitrogen and oxygen atoms in total. The Morgan fingerprint density at radius 2 is 1.94 bits per heavy atom. The maximum absolute atomic E-state index is 12.8. The lowest BCUT2D eigenvalue weighted by Crippen LogP contribution is -2.39. The number of morpholine rings is 1. The van der Waals surface area contributed by atoms with Crippen LogP contribution >= 0.6 is 24.2 Å². The Balaban J connectivity index is 0.00000306. The van der Waals surface area contributed by atoms with Gasteiger partial charge in [0.1, 0.15) is 0 Å². The van der Waals surface area contributed by atoms with Gasteiger partial charge < -0.3 is 13.7 Å². The third-order valence-electron chi connectivity index (χ3n) is 5.39. The second-order valence-corrected chi connectivity index (χ2v) is 8.68. The highest BCUT2D eigenvalue weighted by molar-refractivity contribution is 7.99. The summed E-state index contributed by atoms with van der Waals surface area (Å²) in [6, 6.07) is 5.25. The minimum Gasteiger partial charge on any atom is -0.440 e. The van der Waals surface area contributed by atoms with E-state index in [4.69, 9.17) is 9.15 Å². The largest absolute Gasteiger partial charge is 0.440 e. The van der Waals surface area contributed by atoms with Gasteiger partial charge in [0.05, 0.1) is 24.0 Å². The SMILES string of the molecule is Cc1ncoc1-c1nnc(SCCCN2CCO[C@@H](c3ccc(C(F)(F)F)cc3)C2)n1C.Cl. The summed E-state index contributed by atoms with van der Waals surface area (Å²) in [5.74, 6) is 2.13. The molecule has 0 spiro atoms. The Morgan fingerprint density at radius 3 is 2.61 bits per heavy atom. The smallest absolute Gasteiger partial charge is 0.416 e. The zero-order valence-corrected chi connectivity index (χ0v) is 19.8. The number of hydrogen-bond donors (Lipinski definition) is 0. The lowest BCUT2D eigenvalue weighted by molar-refractivity contribution is -0.137. The molecule has 1 fully saturated rings. The van der Waals surface area contributed by atoms with Crippen LogP contribution in [0.25, 0.3) is 11.6 Å². The molecule has 4 rings (SSSR count). The Kier molecular flexibility index (Phi) is 8.43. The summed E-state index contributed by atoms with van der Waals surface area (Å²) in [7, 11) is 1.90. The predicted octanol–water partition coefficient (Wildman–Crippen LogP) is 4.77. The van der Waals surface area contributed by atoms with E-state index in [1.807, 2.05) is 18.5 Å². The van der Waals surface area contributed by atoms with Crippen LogP contribution in [0, 0.1) is 6.92 Å². The van der Waals surface area contributed by atoms with E-state index in [0.29, 0.717) is 24.7 Å². The van der Waals surface area contributed by atoms with Gasteiger partial charge in [-0.1, -0.05) is 23.9 Å². The molecule has 0 bridgehead atoms. The van der Waals surface area contributed by atoms with E-state index < -0.39 is 11.7 Å². The van der Waals surface area contributed by atoms with Crippen LogP contribution in [0.4, 0.5) is 13.2 Å². The molecule has 2 aromatic heterocycles. The lowest BCUT2D eigenvalue weighted by Gasteiger charge is -2.33. The Morgan fingerprint density at radius 1 is 1.18 bits per heavy atom. The Labute approximate surface area is 200 Å². The molecule has 0 N–H and O–H groups in total. The first-order chi connectivity index (χ1) is 15.3. The van der Waals surface area contributed by atoms with Crippen molar-refractivity contribution in [1.82, 2.24) is 24.6 Å². The van der Waals surface area contributed by atoms with Gasteiger partial charge in [-0.25, -0.2) is 4.98 Å². The van der Waals surface area contributed by atoms with Crippen molar-refractivity contribution in [2.45, 2.75) is 30.8 Å². The van der Waals surface area contributed by atoms with Crippen LogP contribution in [-0.2, 0) is 18.0 Å². The van der Waals surface area contributed by atoms with Crippen LogP contribution in [0.15, 0.2) is 40.2 Å². The van der Waals surface area contributed by atoms with Crippen molar-refractivity contribution < 1.29 is 22.3 Å². The van der Waals surface area contributed by atoms with Crippen LogP contribution in [0.5, 0.6) is 0 Å². The summed E-state index contributed by atoms with van der Waals surface area (Å²) < 4.78 is 51.4. The van der Waals surface area contributed by atoms with E-state index in [0.717, 1.165) is 53.8 Å². The number of halogens is 4. The second-order valence-electron chi connectivity index (χ2n) is 7.61. The highest BCUT2D eigenvalue weighted by atomic mass is 35.5. The van der Waals surface area contributed by atoms with E-state index in [-0.39, 0.29) is 18.5 Å². The van der Waals surface area contributed by atoms with Gasteiger partial charge >= 0.3 is 6.18 Å². The number of hydrogen-bond acceptors (Lipinski definition) is 7. The number of rotatable bonds is 7. The zero-order chi connectivity index (χ0) is 22.7. The topological polar surface area (TPSA) is 69.2 Å². The minimum absolute atomic E-state index is 0. The molecule has 0 unspecified atom stereocenters. The predicted molar refractivity (Wildman–Crippen MR) is 120 cm³/mol. The molecule has 180 valence electrons. The number of aromatic nitrogens is 4. The average Bonchev–Trinajstić information content (AvgIpc) is 3.36. The summed E-state index contributed by atoms with van der Waals surface area (Å²) in [4.78, 5) is 6.38. The molecule has 3 aromatic rings. The van der Waals surface area contributed by atoms with Gasteiger partial charge in [-0.15, -0.1) is 22.6 Å². The van der Waals surface area contributed by atoms with Gasteiger partial charge in [0.15, 0.2) is 17.3 Å². The van der Waals surface area contributed by atoms with E-state index in [1.165, 1.54) is 18.5 Å². The molecule has 1 aromatic carbocycles. The summed E-state index contributed by atoms with van der Waals surface area (Å²) in [6.45, 7) is 4.76. The average molecular weight is 504 g/mol. The molecule has 12 heteroatoms. The molecule has 0 aliphatic carbocycles. The Hall–Kier alpha value is -2.08. The standard InChI is InChI=1S/C21H24F3N5O2S.ClH/c1-14-18(31-13-25-14)19-26-27-20(28(19)2)32-11-3-8-29-9-10-30-17(12-29)15-4-6-16(7-5-15)21(22,23)24;/h4-7,13,17H,3,8-12H2,1-2H3;1H/t17-;/m1./s1. The van der Waals surface area contributed by atoms with E-state index in [2.05, 4.69) is 20.1 Å². The van der Waals surface area contributed by atoms with Crippen LogP contribution in [-0.4, -0.2) is 56.6 Å². The van der Waals surface area contributed by atoms with Gasteiger partial charge in [0, 0.05) is 25.9 Å². The zero-order valence-electron chi connectivity index (χ0n) is 18.2. The number of ether oxygens (including phenoxy) is 1. The maximum Gasteiger partial charge on any atom is 0.416 e. The van der Waals surface area contributed by atoms with Crippen molar-refractivity contribution in [2.75, 3.05) is 32.0 Å². The third kappa shape index (κ3) is 6.08. The fraction of sp³-hybridized carbons (Fsp3) is 0.476. The first kappa shape index (κ1) is 25.5. The van der Waals surface area contributed by atoms with Crippen molar-refractivity contribution in [3.8, 4) is 11.6 Å². The van der Waals surface area contributed by atoms with Crippen LogP contribution in [0.1, 0.15) is 29.3 Å². The highest BCUT2D eigenvalue weighted by Crippen LogP contribution is 2.31. The minimum atomic E-state index is -4.33. The quantitative estimate of drug-likeness (QED) is 0.339. The molecule has 1 atom stereocenters. The van der Waals surface area contributed by atoms with Crippen molar-refractivity contribution in [3.63, 3.8) is 0 Å². The van der Waals surface area contributed by atoms with Crippen LogP contribution in [0.2, 0.25) is 0 Å². The fourth-order valence-corrected chi connectivity index (χ4v) is 4.44. The first-order valence-electron chi connectivity index (χ1n) is 10.3. The van der Waals surface area contributed by atoms with Gasteiger partial charge in [-0.2, -0.15) is 13.2 Å². The molecule has 1 saturated heterocycles. The number of nitrogens with zero attached hydrogens (tertiary/aromatic N) is 5.